The first-order chi connectivity index (χ1) is 9.22. The summed E-state index contributed by atoms with van der Waals surface area (Å²) in [5, 5.41) is 6.95. The highest BCUT2D eigenvalue weighted by molar-refractivity contribution is 5.91. The molecule has 5 nitrogen and oxygen atoms in total. The molecule has 0 unspecified atom stereocenters. The SMILES string of the molecule is CCn1nccc1NC(=O)Cc1ccc(OC)cc1. The monoisotopic (exact) mass is 259 g/mol. The van der Waals surface area contributed by atoms with Crippen LogP contribution >= 0.6 is 0 Å². The molecule has 0 aliphatic carbocycles. The fourth-order valence-corrected chi connectivity index (χ4v) is 1.81. The second-order valence-electron chi connectivity index (χ2n) is 4.11. The molecule has 2 rings (SSSR count). The van der Waals surface area contributed by atoms with Crippen LogP contribution in [-0.4, -0.2) is 22.8 Å². The Labute approximate surface area is 112 Å². The van der Waals surface area contributed by atoms with E-state index in [1.165, 1.54) is 0 Å². The number of rotatable bonds is 5. The third kappa shape index (κ3) is 3.34. The Balaban J connectivity index is 1.97. The van der Waals surface area contributed by atoms with Gasteiger partial charge in [-0.05, 0) is 24.6 Å². The van der Waals surface area contributed by atoms with Crippen LogP contribution in [0, 0.1) is 0 Å². The molecule has 0 saturated carbocycles. The summed E-state index contributed by atoms with van der Waals surface area (Å²) in [6.07, 6.45) is 2.01. The highest BCUT2D eigenvalue weighted by atomic mass is 16.5. The molecule has 0 saturated heterocycles. The van der Waals surface area contributed by atoms with Crippen LogP contribution in [0.4, 0.5) is 5.82 Å². The molecular formula is C14H17N3O2. The standard InChI is InChI=1S/C14H17N3O2/c1-3-17-13(8-9-15-17)16-14(18)10-11-4-6-12(19-2)7-5-11/h4-9H,3,10H2,1-2H3,(H,16,18). The second-order valence-corrected chi connectivity index (χ2v) is 4.11. The van der Waals surface area contributed by atoms with Crippen molar-refractivity contribution in [2.24, 2.45) is 0 Å². The lowest BCUT2D eigenvalue weighted by molar-refractivity contribution is -0.115. The number of anilines is 1. The van der Waals surface area contributed by atoms with Crippen LogP contribution in [0.25, 0.3) is 0 Å². The Morgan fingerprint density at radius 2 is 2.05 bits per heavy atom. The minimum atomic E-state index is -0.0552. The van der Waals surface area contributed by atoms with Gasteiger partial charge in [0.2, 0.25) is 5.91 Å². The van der Waals surface area contributed by atoms with Gasteiger partial charge in [0.15, 0.2) is 0 Å². The number of nitrogens with zero attached hydrogens (tertiary/aromatic N) is 2. The highest BCUT2D eigenvalue weighted by Crippen LogP contribution is 2.12. The van der Waals surface area contributed by atoms with Crippen molar-refractivity contribution in [3.05, 3.63) is 42.1 Å². The van der Waals surface area contributed by atoms with E-state index < -0.39 is 0 Å². The van der Waals surface area contributed by atoms with Gasteiger partial charge in [-0.25, -0.2) is 4.68 Å². The number of amides is 1. The van der Waals surface area contributed by atoms with E-state index in [9.17, 15) is 4.79 Å². The maximum absolute atomic E-state index is 11.9. The number of aromatic nitrogens is 2. The zero-order chi connectivity index (χ0) is 13.7. The lowest BCUT2D eigenvalue weighted by Crippen LogP contribution is -2.17. The molecule has 1 N–H and O–H groups in total. The van der Waals surface area contributed by atoms with Gasteiger partial charge in [-0.1, -0.05) is 12.1 Å². The zero-order valence-corrected chi connectivity index (χ0v) is 11.1. The predicted octanol–water partition coefficient (Wildman–Crippen LogP) is 2.09. The van der Waals surface area contributed by atoms with Crippen molar-refractivity contribution in [1.29, 1.82) is 0 Å². The van der Waals surface area contributed by atoms with Gasteiger partial charge in [0.1, 0.15) is 11.6 Å². The van der Waals surface area contributed by atoms with E-state index in [1.807, 2.05) is 31.2 Å². The molecule has 19 heavy (non-hydrogen) atoms. The topological polar surface area (TPSA) is 56.2 Å². The van der Waals surface area contributed by atoms with Crippen molar-refractivity contribution in [3.8, 4) is 5.75 Å². The summed E-state index contributed by atoms with van der Waals surface area (Å²) in [5.74, 6) is 1.45. The molecule has 1 heterocycles. The van der Waals surface area contributed by atoms with Gasteiger partial charge in [-0.15, -0.1) is 0 Å². The number of carbonyl (C=O) groups excluding carboxylic acids is 1. The molecule has 0 aliphatic rings. The van der Waals surface area contributed by atoms with E-state index >= 15 is 0 Å². The lowest BCUT2D eigenvalue weighted by atomic mass is 10.1. The summed E-state index contributed by atoms with van der Waals surface area (Å²) in [6, 6.07) is 9.25. The van der Waals surface area contributed by atoms with Crippen LogP contribution in [0.1, 0.15) is 12.5 Å². The molecule has 0 fully saturated rings. The number of aryl methyl sites for hydroxylation is 1. The van der Waals surface area contributed by atoms with E-state index in [-0.39, 0.29) is 5.91 Å². The number of ether oxygens (including phenoxy) is 1. The maximum Gasteiger partial charge on any atom is 0.229 e. The fraction of sp³-hybridized carbons (Fsp3) is 0.286. The Hall–Kier alpha value is -2.30. The third-order valence-electron chi connectivity index (χ3n) is 2.81. The molecule has 0 radical (unpaired) electrons. The minimum Gasteiger partial charge on any atom is -0.497 e. The van der Waals surface area contributed by atoms with Crippen LogP contribution in [-0.2, 0) is 17.8 Å². The van der Waals surface area contributed by atoms with Gasteiger partial charge in [0.05, 0.1) is 19.7 Å². The zero-order valence-electron chi connectivity index (χ0n) is 11.1. The fourth-order valence-electron chi connectivity index (χ4n) is 1.81. The van der Waals surface area contributed by atoms with Crippen LogP contribution in [0.2, 0.25) is 0 Å². The summed E-state index contributed by atoms with van der Waals surface area (Å²) >= 11 is 0. The molecule has 100 valence electrons. The largest absolute Gasteiger partial charge is 0.497 e. The van der Waals surface area contributed by atoms with Crippen molar-refractivity contribution in [3.63, 3.8) is 0 Å². The molecule has 0 bridgehead atoms. The molecule has 0 atom stereocenters. The number of carbonyl (C=O) groups is 1. The van der Waals surface area contributed by atoms with Gasteiger partial charge in [-0.3, -0.25) is 4.79 Å². The summed E-state index contributed by atoms with van der Waals surface area (Å²) < 4.78 is 6.82. The summed E-state index contributed by atoms with van der Waals surface area (Å²) in [4.78, 5) is 11.9. The van der Waals surface area contributed by atoms with E-state index in [4.69, 9.17) is 4.74 Å². The molecule has 1 aromatic heterocycles. The highest BCUT2D eigenvalue weighted by Gasteiger charge is 2.07. The normalized spacial score (nSPS) is 10.2. The Morgan fingerprint density at radius 1 is 1.32 bits per heavy atom. The molecule has 1 aromatic carbocycles. The minimum absolute atomic E-state index is 0.0552. The first-order valence-electron chi connectivity index (χ1n) is 6.17. The van der Waals surface area contributed by atoms with E-state index in [1.54, 1.807) is 24.1 Å². The van der Waals surface area contributed by atoms with Gasteiger partial charge >= 0.3 is 0 Å². The van der Waals surface area contributed by atoms with Gasteiger partial charge in [-0.2, -0.15) is 5.10 Å². The first-order valence-corrected chi connectivity index (χ1v) is 6.17. The van der Waals surface area contributed by atoms with Gasteiger partial charge < -0.3 is 10.1 Å². The van der Waals surface area contributed by atoms with Crippen LogP contribution in [0.5, 0.6) is 5.75 Å². The van der Waals surface area contributed by atoms with E-state index in [2.05, 4.69) is 10.4 Å². The van der Waals surface area contributed by atoms with Crippen LogP contribution in [0.3, 0.4) is 0 Å². The number of hydrogen-bond donors (Lipinski definition) is 1. The number of hydrogen-bond acceptors (Lipinski definition) is 3. The average molecular weight is 259 g/mol. The maximum atomic E-state index is 11.9. The second kappa shape index (κ2) is 6.04. The Morgan fingerprint density at radius 3 is 2.68 bits per heavy atom. The summed E-state index contributed by atoms with van der Waals surface area (Å²) in [6.45, 7) is 2.71. The van der Waals surface area contributed by atoms with E-state index in [0.29, 0.717) is 6.42 Å². The number of nitrogens with one attached hydrogen (secondary N) is 1. The lowest BCUT2D eigenvalue weighted by Gasteiger charge is -2.07. The quantitative estimate of drug-likeness (QED) is 0.894. The van der Waals surface area contributed by atoms with Gasteiger partial charge in [0.25, 0.3) is 0 Å². The molecule has 5 heteroatoms. The van der Waals surface area contributed by atoms with Crippen molar-refractivity contribution >= 4 is 11.7 Å². The van der Waals surface area contributed by atoms with Crippen molar-refractivity contribution in [2.75, 3.05) is 12.4 Å². The number of benzene rings is 1. The van der Waals surface area contributed by atoms with Crippen LogP contribution < -0.4 is 10.1 Å². The third-order valence-corrected chi connectivity index (χ3v) is 2.81. The van der Waals surface area contributed by atoms with Crippen LogP contribution in [0.15, 0.2) is 36.5 Å². The average Bonchev–Trinajstić information content (AvgIpc) is 2.86. The summed E-state index contributed by atoms with van der Waals surface area (Å²) in [7, 11) is 1.62. The predicted molar refractivity (Wildman–Crippen MR) is 73.2 cm³/mol. The Bertz CT molecular complexity index is 546. The van der Waals surface area contributed by atoms with Crippen molar-refractivity contribution in [1.82, 2.24) is 9.78 Å². The Kier molecular flexibility index (Phi) is 4.18. The van der Waals surface area contributed by atoms with Crippen molar-refractivity contribution in [2.45, 2.75) is 19.9 Å². The molecule has 0 aliphatic heterocycles. The van der Waals surface area contributed by atoms with Crippen molar-refractivity contribution < 1.29 is 9.53 Å². The molecule has 1 amide bonds. The smallest absolute Gasteiger partial charge is 0.229 e. The molecular weight excluding hydrogens is 242 g/mol. The molecule has 2 aromatic rings. The van der Waals surface area contributed by atoms with Gasteiger partial charge in [0, 0.05) is 12.6 Å². The summed E-state index contributed by atoms with van der Waals surface area (Å²) in [5.41, 5.74) is 0.945. The molecule has 0 spiro atoms. The number of methoxy groups -OCH3 is 1. The van der Waals surface area contributed by atoms with E-state index in [0.717, 1.165) is 23.7 Å². The first kappa shape index (κ1) is 13.1.